The Kier molecular flexibility index (Phi) is 11.7. The van der Waals surface area contributed by atoms with Gasteiger partial charge in [-0.15, -0.1) is 0 Å². The van der Waals surface area contributed by atoms with Crippen molar-refractivity contribution in [1.82, 2.24) is 10.2 Å². The lowest BCUT2D eigenvalue weighted by atomic mass is 10.1. The molecule has 1 atom stereocenters. The summed E-state index contributed by atoms with van der Waals surface area (Å²) < 4.78 is 34.7. The van der Waals surface area contributed by atoms with E-state index in [9.17, 15) is 18.0 Å². The van der Waals surface area contributed by atoms with Gasteiger partial charge in [-0.1, -0.05) is 74.3 Å². The Labute approximate surface area is 258 Å². The van der Waals surface area contributed by atoms with Gasteiger partial charge in [0.05, 0.1) is 17.7 Å². The van der Waals surface area contributed by atoms with E-state index in [0.717, 1.165) is 9.87 Å². The molecule has 0 radical (unpaired) electrons. The zero-order chi connectivity index (χ0) is 31.0. The summed E-state index contributed by atoms with van der Waals surface area (Å²) in [6.07, 6.45) is 0.292. The Hall–Kier alpha value is -3.27. The molecule has 0 heterocycles. The van der Waals surface area contributed by atoms with Crippen molar-refractivity contribution in [3.8, 4) is 5.75 Å². The van der Waals surface area contributed by atoms with Gasteiger partial charge in [0.2, 0.25) is 11.8 Å². The van der Waals surface area contributed by atoms with E-state index in [0.29, 0.717) is 28.6 Å². The maximum absolute atomic E-state index is 14.2. The van der Waals surface area contributed by atoms with Gasteiger partial charge >= 0.3 is 0 Å². The van der Waals surface area contributed by atoms with E-state index in [1.165, 1.54) is 24.1 Å². The van der Waals surface area contributed by atoms with Crippen molar-refractivity contribution in [2.45, 2.75) is 51.6 Å². The van der Waals surface area contributed by atoms with E-state index in [4.69, 9.17) is 27.9 Å². The second-order valence-corrected chi connectivity index (χ2v) is 13.0. The summed E-state index contributed by atoms with van der Waals surface area (Å²) in [5.41, 5.74) is 1.54. The van der Waals surface area contributed by atoms with Crippen LogP contribution in [0.5, 0.6) is 5.75 Å². The lowest BCUT2D eigenvalue weighted by molar-refractivity contribution is -0.140. The molecule has 226 valence electrons. The molecule has 3 aromatic carbocycles. The molecule has 0 aromatic heterocycles. The maximum atomic E-state index is 14.2. The number of hydrogen-bond acceptors (Lipinski definition) is 5. The minimum atomic E-state index is -4.23. The van der Waals surface area contributed by atoms with Crippen LogP contribution in [0, 0.1) is 12.8 Å². The van der Waals surface area contributed by atoms with Crippen LogP contribution < -0.4 is 14.4 Å². The SMILES string of the molecule is CC[C@H](C(=O)NCC(C)C)N(Cc1ccc(Cl)cc1Cl)C(=O)CN(c1cc(C)ccc1OC)S(=O)(=O)c1ccccc1. The molecule has 0 saturated carbocycles. The van der Waals surface area contributed by atoms with Crippen molar-refractivity contribution >= 4 is 50.7 Å². The Morgan fingerprint density at radius 3 is 2.29 bits per heavy atom. The molecule has 42 heavy (non-hydrogen) atoms. The number of carbonyl (C=O) groups excluding carboxylic acids is 2. The van der Waals surface area contributed by atoms with Crippen LogP contribution in [0.1, 0.15) is 38.3 Å². The third-order valence-electron chi connectivity index (χ3n) is 6.64. The Morgan fingerprint density at radius 1 is 1.00 bits per heavy atom. The fraction of sp³-hybridized carbons (Fsp3) is 0.355. The molecule has 0 aliphatic carbocycles. The number of ether oxygens (including phenoxy) is 1. The summed E-state index contributed by atoms with van der Waals surface area (Å²) in [5, 5.41) is 3.66. The van der Waals surface area contributed by atoms with Crippen molar-refractivity contribution < 1.29 is 22.7 Å². The quantitative estimate of drug-likeness (QED) is 0.246. The highest BCUT2D eigenvalue weighted by molar-refractivity contribution is 7.92. The van der Waals surface area contributed by atoms with Crippen LogP contribution in [0.2, 0.25) is 10.0 Å². The summed E-state index contributed by atoms with van der Waals surface area (Å²) in [6, 6.07) is 17.0. The minimum Gasteiger partial charge on any atom is -0.495 e. The lowest BCUT2D eigenvalue weighted by Crippen LogP contribution is -2.52. The van der Waals surface area contributed by atoms with Crippen LogP contribution >= 0.6 is 23.2 Å². The molecule has 0 saturated heterocycles. The van der Waals surface area contributed by atoms with Crippen LogP contribution in [0.3, 0.4) is 0 Å². The Bertz CT molecular complexity index is 1500. The van der Waals surface area contributed by atoms with Crippen molar-refractivity contribution in [2.75, 3.05) is 24.5 Å². The van der Waals surface area contributed by atoms with E-state index in [2.05, 4.69) is 5.32 Å². The van der Waals surface area contributed by atoms with E-state index in [1.54, 1.807) is 61.5 Å². The van der Waals surface area contributed by atoms with E-state index >= 15 is 0 Å². The monoisotopic (exact) mass is 633 g/mol. The highest BCUT2D eigenvalue weighted by Crippen LogP contribution is 2.34. The molecule has 0 unspecified atom stereocenters. The summed E-state index contributed by atoms with van der Waals surface area (Å²) in [6.45, 7) is 7.36. The zero-order valence-electron chi connectivity index (χ0n) is 24.4. The van der Waals surface area contributed by atoms with Crippen LogP contribution in [0.4, 0.5) is 5.69 Å². The Morgan fingerprint density at radius 2 is 1.69 bits per heavy atom. The number of methoxy groups -OCH3 is 1. The van der Waals surface area contributed by atoms with Gasteiger partial charge in [0, 0.05) is 23.1 Å². The standard InChI is InChI=1S/C31H37Cl2N3O5S/c1-6-27(31(38)34-18-21(2)3)35(19-23-13-14-24(32)17-26(23)33)30(37)20-36(28-16-22(4)12-15-29(28)41-5)42(39,40)25-10-8-7-9-11-25/h7-17,21,27H,6,18-20H2,1-5H3,(H,34,38)/t27-/m1/s1. The summed E-state index contributed by atoms with van der Waals surface area (Å²) in [5.74, 6) is -0.450. The molecule has 3 rings (SSSR count). The normalized spacial score (nSPS) is 12.1. The third-order valence-corrected chi connectivity index (χ3v) is 9.00. The first kappa shape index (κ1) is 33.2. The molecule has 0 spiro atoms. The smallest absolute Gasteiger partial charge is 0.264 e. The average molecular weight is 635 g/mol. The molecule has 0 aliphatic heterocycles. The van der Waals surface area contributed by atoms with Gasteiger partial charge in [0.15, 0.2) is 0 Å². The van der Waals surface area contributed by atoms with Gasteiger partial charge in [-0.25, -0.2) is 8.42 Å². The minimum absolute atomic E-state index is 0.00960. The number of halogens is 2. The number of benzene rings is 3. The van der Waals surface area contributed by atoms with E-state index in [1.807, 2.05) is 20.8 Å². The number of amides is 2. The van der Waals surface area contributed by atoms with Gasteiger partial charge < -0.3 is 15.0 Å². The first-order valence-electron chi connectivity index (χ1n) is 13.6. The molecule has 11 heteroatoms. The van der Waals surface area contributed by atoms with Crippen molar-refractivity contribution in [2.24, 2.45) is 5.92 Å². The molecule has 0 bridgehead atoms. The molecule has 8 nitrogen and oxygen atoms in total. The summed E-state index contributed by atoms with van der Waals surface area (Å²) in [7, 11) is -2.80. The van der Waals surface area contributed by atoms with E-state index < -0.39 is 28.5 Å². The number of carbonyl (C=O) groups is 2. The predicted molar refractivity (Wildman–Crippen MR) is 168 cm³/mol. The average Bonchev–Trinajstić information content (AvgIpc) is 2.96. The van der Waals surface area contributed by atoms with Gasteiger partial charge in [-0.3, -0.25) is 13.9 Å². The number of nitrogens with one attached hydrogen (secondary N) is 1. The molecule has 0 fully saturated rings. The van der Waals surface area contributed by atoms with E-state index in [-0.39, 0.29) is 34.7 Å². The van der Waals surface area contributed by atoms with Crippen molar-refractivity contribution in [3.05, 3.63) is 87.9 Å². The Balaban J connectivity index is 2.13. The number of sulfonamides is 1. The van der Waals surface area contributed by atoms with Crippen LogP contribution in [0.15, 0.2) is 71.6 Å². The number of anilines is 1. The van der Waals surface area contributed by atoms with Gasteiger partial charge in [0.25, 0.3) is 10.0 Å². The number of aryl methyl sites for hydroxylation is 1. The van der Waals surface area contributed by atoms with Gasteiger partial charge in [-0.05, 0) is 66.8 Å². The van der Waals surface area contributed by atoms with Crippen LogP contribution in [-0.2, 0) is 26.2 Å². The number of rotatable bonds is 13. The highest BCUT2D eigenvalue weighted by Gasteiger charge is 2.35. The summed E-state index contributed by atoms with van der Waals surface area (Å²) >= 11 is 12.6. The third kappa shape index (κ3) is 8.18. The van der Waals surface area contributed by atoms with Gasteiger partial charge in [-0.2, -0.15) is 0 Å². The van der Waals surface area contributed by atoms with Gasteiger partial charge in [0.1, 0.15) is 18.3 Å². The fourth-order valence-electron chi connectivity index (χ4n) is 4.40. The van der Waals surface area contributed by atoms with Crippen LogP contribution in [-0.4, -0.2) is 51.4 Å². The highest BCUT2D eigenvalue weighted by atomic mass is 35.5. The topological polar surface area (TPSA) is 96.0 Å². The second kappa shape index (κ2) is 14.8. The predicted octanol–water partition coefficient (Wildman–Crippen LogP) is 6.09. The lowest BCUT2D eigenvalue weighted by Gasteiger charge is -2.34. The summed E-state index contributed by atoms with van der Waals surface area (Å²) in [4.78, 5) is 29.0. The van der Waals surface area contributed by atoms with Crippen LogP contribution in [0.25, 0.3) is 0 Å². The maximum Gasteiger partial charge on any atom is 0.264 e. The second-order valence-electron chi connectivity index (χ2n) is 10.3. The zero-order valence-corrected chi connectivity index (χ0v) is 26.8. The molecular weight excluding hydrogens is 597 g/mol. The fourth-order valence-corrected chi connectivity index (χ4v) is 6.31. The molecule has 1 N–H and O–H groups in total. The number of nitrogens with zero attached hydrogens (tertiary/aromatic N) is 2. The molecule has 2 amide bonds. The largest absolute Gasteiger partial charge is 0.495 e. The first-order valence-corrected chi connectivity index (χ1v) is 15.8. The molecule has 3 aromatic rings. The number of hydrogen-bond donors (Lipinski definition) is 1. The van der Waals surface area contributed by atoms with Crippen molar-refractivity contribution in [1.29, 1.82) is 0 Å². The molecule has 0 aliphatic rings. The molecular formula is C31H37Cl2N3O5S. The van der Waals surface area contributed by atoms with Crippen molar-refractivity contribution in [3.63, 3.8) is 0 Å². The first-order chi connectivity index (χ1) is 19.9.